The highest BCUT2D eigenvalue weighted by atomic mass is 32.2. The van der Waals surface area contributed by atoms with Crippen LogP contribution in [0, 0.1) is 0 Å². The average Bonchev–Trinajstić information content (AvgIpc) is 2.18. The Morgan fingerprint density at radius 3 is 2.77 bits per heavy atom. The molecule has 13 heavy (non-hydrogen) atoms. The summed E-state index contributed by atoms with van der Waals surface area (Å²) in [5, 5.41) is 0.671. The maximum Gasteiger partial charge on any atom is 0.172 e. The van der Waals surface area contributed by atoms with E-state index in [1.54, 1.807) is 18.9 Å². The Kier molecular flexibility index (Phi) is 5.21. The Morgan fingerprint density at radius 2 is 2.15 bits per heavy atom. The Balaban J connectivity index is 2.48. The maximum atomic E-state index is 11.6. The van der Waals surface area contributed by atoms with Crippen LogP contribution in [-0.2, 0) is 9.53 Å². The zero-order chi connectivity index (χ0) is 9.68. The predicted octanol–water partition coefficient (Wildman–Crippen LogP) is 1.83. The van der Waals surface area contributed by atoms with Crippen molar-refractivity contribution in [1.82, 2.24) is 0 Å². The van der Waals surface area contributed by atoms with Gasteiger partial charge in [-0.2, -0.15) is 11.8 Å². The van der Waals surface area contributed by atoms with Gasteiger partial charge in [0.1, 0.15) is 6.61 Å². The topological polar surface area (TPSA) is 26.3 Å². The molecule has 0 N–H and O–H groups in total. The van der Waals surface area contributed by atoms with E-state index in [0.29, 0.717) is 5.25 Å². The summed E-state index contributed by atoms with van der Waals surface area (Å²) in [5.41, 5.74) is 0. The standard InChI is InChI=1S/C9H16O2S2/c1-3-8-9(7(10)6-11-2)13-5-4-12-8/h8-9H,3-6H2,1-2H3. The average molecular weight is 220 g/mol. The second-order valence-electron chi connectivity index (χ2n) is 3.01. The fraction of sp³-hybridized carbons (Fsp3) is 0.889. The number of carbonyl (C=O) groups is 1. The fourth-order valence-corrected chi connectivity index (χ4v) is 4.45. The third kappa shape index (κ3) is 3.18. The molecule has 0 amide bonds. The molecule has 0 aromatic carbocycles. The van der Waals surface area contributed by atoms with Gasteiger partial charge >= 0.3 is 0 Å². The lowest BCUT2D eigenvalue weighted by Crippen LogP contribution is -2.34. The van der Waals surface area contributed by atoms with Crippen LogP contribution in [0.4, 0.5) is 0 Å². The van der Waals surface area contributed by atoms with Crippen molar-refractivity contribution in [1.29, 1.82) is 0 Å². The predicted molar refractivity (Wildman–Crippen MR) is 59.7 cm³/mol. The van der Waals surface area contributed by atoms with Crippen molar-refractivity contribution in [2.45, 2.75) is 23.8 Å². The fourth-order valence-electron chi connectivity index (χ4n) is 1.43. The maximum absolute atomic E-state index is 11.6. The molecule has 4 heteroatoms. The third-order valence-corrected chi connectivity index (χ3v) is 5.35. The first-order chi connectivity index (χ1) is 6.29. The molecule has 1 rings (SSSR count). The van der Waals surface area contributed by atoms with E-state index in [9.17, 15) is 4.79 Å². The lowest BCUT2D eigenvalue weighted by atomic mass is 10.2. The van der Waals surface area contributed by atoms with Gasteiger partial charge in [-0.05, 0) is 6.42 Å². The first-order valence-electron chi connectivity index (χ1n) is 4.54. The lowest BCUT2D eigenvalue weighted by molar-refractivity contribution is -0.122. The summed E-state index contributed by atoms with van der Waals surface area (Å²) in [6.45, 7) is 2.42. The van der Waals surface area contributed by atoms with Crippen LogP contribution in [0.1, 0.15) is 13.3 Å². The minimum atomic E-state index is 0.170. The Hall–Kier alpha value is 0.330. The molecule has 1 heterocycles. The van der Waals surface area contributed by atoms with Gasteiger partial charge in [-0.15, -0.1) is 11.8 Å². The monoisotopic (exact) mass is 220 g/mol. The van der Waals surface area contributed by atoms with Crippen molar-refractivity contribution in [2.75, 3.05) is 25.2 Å². The van der Waals surface area contributed by atoms with Crippen molar-refractivity contribution in [3.63, 3.8) is 0 Å². The molecule has 0 saturated carbocycles. The van der Waals surface area contributed by atoms with Crippen LogP contribution in [0.25, 0.3) is 0 Å². The smallest absolute Gasteiger partial charge is 0.172 e. The quantitative estimate of drug-likeness (QED) is 0.722. The molecule has 1 aliphatic heterocycles. The molecule has 0 spiro atoms. The number of ether oxygens (including phenoxy) is 1. The number of hydrogen-bond acceptors (Lipinski definition) is 4. The van der Waals surface area contributed by atoms with Crippen LogP contribution in [0.3, 0.4) is 0 Å². The van der Waals surface area contributed by atoms with E-state index in [4.69, 9.17) is 4.74 Å². The number of Topliss-reactive ketones (excluding diaryl/α,β-unsaturated/α-hetero) is 1. The first-order valence-corrected chi connectivity index (χ1v) is 6.64. The first kappa shape index (κ1) is 11.4. The van der Waals surface area contributed by atoms with Crippen molar-refractivity contribution >= 4 is 29.3 Å². The van der Waals surface area contributed by atoms with Gasteiger partial charge < -0.3 is 4.74 Å². The number of carbonyl (C=O) groups excluding carboxylic acids is 1. The number of hydrogen-bond donors (Lipinski definition) is 0. The number of thioether (sulfide) groups is 2. The molecule has 1 aliphatic rings. The minimum Gasteiger partial charge on any atom is -0.377 e. The second-order valence-corrected chi connectivity index (χ2v) is 5.60. The summed E-state index contributed by atoms with van der Waals surface area (Å²) in [4.78, 5) is 11.6. The van der Waals surface area contributed by atoms with Gasteiger partial charge in [0.15, 0.2) is 5.78 Å². The van der Waals surface area contributed by atoms with Crippen molar-refractivity contribution in [3.05, 3.63) is 0 Å². The summed E-state index contributed by atoms with van der Waals surface area (Å²) in [7, 11) is 1.58. The summed E-state index contributed by atoms with van der Waals surface area (Å²) < 4.78 is 4.88. The highest BCUT2D eigenvalue weighted by Crippen LogP contribution is 2.33. The van der Waals surface area contributed by atoms with E-state index < -0.39 is 0 Å². The third-order valence-electron chi connectivity index (χ3n) is 2.06. The highest BCUT2D eigenvalue weighted by molar-refractivity contribution is 8.07. The van der Waals surface area contributed by atoms with Gasteiger partial charge in [0.05, 0.1) is 5.25 Å². The molecule has 0 bridgehead atoms. The molecule has 76 valence electrons. The van der Waals surface area contributed by atoms with Crippen LogP contribution in [0.2, 0.25) is 0 Å². The van der Waals surface area contributed by atoms with E-state index in [2.05, 4.69) is 6.92 Å². The Morgan fingerprint density at radius 1 is 1.46 bits per heavy atom. The molecular weight excluding hydrogens is 204 g/mol. The van der Waals surface area contributed by atoms with Crippen molar-refractivity contribution in [3.8, 4) is 0 Å². The highest BCUT2D eigenvalue weighted by Gasteiger charge is 2.30. The summed E-state index contributed by atoms with van der Waals surface area (Å²) >= 11 is 3.72. The van der Waals surface area contributed by atoms with E-state index in [-0.39, 0.29) is 17.6 Å². The van der Waals surface area contributed by atoms with Gasteiger partial charge in [-0.3, -0.25) is 4.79 Å². The number of ketones is 1. The van der Waals surface area contributed by atoms with E-state index >= 15 is 0 Å². The van der Waals surface area contributed by atoms with Gasteiger partial charge in [0, 0.05) is 23.9 Å². The van der Waals surface area contributed by atoms with Gasteiger partial charge in [0.2, 0.25) is 0 Å². The normalized spacial score (nSPS) is 28.8. The van der Waals surface area contributed by atoms with Crippen LogP contribution >= 0.6 is 23.5 Å². The molecular formula is C9H16O2S2. The van der Waals surface area contributed by atoms with Crippen LogP contribution in [0.15, 0.2) is 0 Å². The second kappa shape index (κ2) is 5.94. The van der Waals surface area contributed by atoms with Crippen LogP contribution in [-0.4, -0.2) is 41.5 Å². The van der Waals surface area contributed by atoms with Gasteiger partial charge in [-0.1, -0.05) is 6.92 Å². The van der Waals surface area contributed by atoms with E-state index in [0.717, 1.165) is 12.2 Å². The zero-order valence-electron chi connectivity index (χ0n) is 8.12. The van der Waals surface area contributed by atoms with Gasteiger partial charge in [0.25, 0.3) is 0 Å². The SMILES string of the molecule is CCC1SCCSC1C(=O)COC. The summed E-state index contributed by atoms with van der Waals surface area (Å²) in [6.07, 6.45) is 1.08. The largest absolute Gasteiger partial charge is 0.377 e. The number of rotatable bonds is 4. The van der Waals surface area contributed by atoms with Crippen molar-refractivity contribution in [2.24, 2.45) is 0 Å². The molecule has 2 atom stereocenters. The molecule has 2 unspecified atom stereocenters. The van der Waals surface area contributed by atoms with E-state index in [1.807, 2.05) is 11.8 Å². The van der Waals surface area contributed by atoms with Crippen LogP contribution < -0.4 is 0 Å². The molecule has 0 radical (unpaired) electrons. The number of methoxy groups -OCH3 is 1. The van der Waals surface area contributed by atoms with Crippen LogP contribution in [0.5, 0.6) is 0 Å². The zero-order valence-corrected chi connectivity index (χ0v) is 9.75. The summed E-state index contributed by atoms with van der Waals surface area (Å²) in [6, 6.07) is 0. The molecule has 0 aromatic heterocycles. The molecule has 0 aromatic rings. The molecule has 0 aliphatic carbocycles. The molecule has 1 saturated heterocycles. The van der Waals surface area contributed by atoms with Crippen molar-refractivity contribution < 1.29 is 9.53 Å². The summed E-state index contributed by atoms with van der Waals surface area (Å²) in [5.74, 6) is 2.54. The Labute approximate surface area is 88.2 Å². The lowest BCUT2D eigenvalue weighted by Gasteiger charge is -2.28. The van der Waals surface area contributed by atoms with E-state index in [1.165, 1.54) is 5.75 Å². The molecule has 1 fully saturated rings. The Bertz CT molecular complexity index is 173. The van der Waals surface area contributed by atoms with Gasteiger partial charge in [-0.25, -0.2) is 0 Å². The molecule has 2 nitrogen and oxygen atoms in total. The minimum absolute atomic E-state index is 0.170.